The predicted octanol–water partition coefficient (Wildman–Crippen LogP) is 1.94. The molecule has 1 aromatic heterocycles. The quantitative estimate of drug-likeness (QED) is 0.911. The normalized spacial score (nSPS) is 17.0. The molecule has 0 atom stereocenters. The summed E-state index contributed by atoms with van der Waals surface area (Å²) in [4.78, 5) is 14.8. The van der Waals surface area contributed by atoms with Gasteiger partial charge in [-0.1, -0.05) is 18.5 Å². The number of halogens is 1. The molecule has 1 aliphatic rings. The van der Waals surface area contributed by atoms with Crippen LogP contribution in [0.1, 0.15) is 36.5 Å². The second kappa shape index (κ2) is 6.86. The molecule has 1 saturated heterocycles. The van der Waals surface area contributed by atoms with Crippen molar-refractivity contribution in [2.75, 3.05) is 19.7 Å². The summed E-state index contributed by atoms with van der Waals surface area (Å²) in [7, 11) is 0. The van der Waals surface area contributed by atoms with Crippen molar-refractivity contribution in [2.24, 2.45) is 5.41 Å². The fraction of sp³-hybridized carbons (Fsp3) is 0.500. The number of carbonyl (C=O) groups is 1. The zero-order valence-electron chi connectivity index (χ0n) is 13.5. The average molecular weight is 350 g/mol. The number of nitrogens with zero attached hydrogens (tertiary/aromatic N) is 5. The lowest BCUT2D eigenvalue weighted by molar-refractivity contribution is 0.0338. The first kappa shape index (κ1) is 16.9. The molecular formula is C16H20ClN5O2. The minimum Gasteiger partial charge on any atom is -0.396 e. The number of tetrazole rings is 1. The molecule has 0 saturated carbocycles. The van der Waals surface area contributed by atoms with E-state index in [1.165, 1.54) is 11.0 Å². The zero-order valence-corrected chi connectivity index (χ0v) is 14.3. The molecule has 128 valence electrons. The topological polar surface area (TPSA) is 84.1 Å². The number of benzene rings is 1. The SMILES string of the molecule is CCC1(CO)CCN(C(=O)c2cc(Cl)ccc2-n2cnnn2)CC1. The summed E-state index contributed by atoms with van der Waals surface area (Å²) >= 11 is 6.09. The molecule has 1 aliphatic heterocycles. The van der Waals surface area contributed by atoms with Gasteiger partial charge in [-0.05, 0) is 53.3 Å². The first-order valence-electron chi connectivity index (χ1n) is 8.01. The molecule has 1 N–H and O–H groups in total. The van der Waals surface area contributed by atoms with E-state index in [4.69, 9.17) is 11.6 Å². The van der Waals surface area contributed by atoms with Crippen molar-refractivity contribution in [1.82, 2.24) is 25.1 Å². The van der Waals surface area contributed by atoms with Gasteiger partial charge < -0.3 is 10.0 Å². The maximum absolute atomic E-state index is 13.0. The smallest absolute Gasteiger partial charge is 0.256 e. The highest BCUT2D eigenvalue weighted by Gasteiger charge is 2.34. The third kappa shape index (κ3) is 3.14. The lowest BCUT2D eigenvalue weighted by Crippen LogP contribution is -2.44. The van der Waals surface area contributed by atoms with Crippen molar-refractivity contribution >= 4 is 17.5 Å². The first-order valence-corrected chi connectivity index (χ1v) is 8.39. The number of aliphatic hydroxyl groups is 1. The van der Waals surface area contributed by atoms with Crippen LogP contribution in [0.4, 0.5) is 0 Å². The third-order valence-corrected chi connectivity index (χ3v) is 5.22. The second-order valence-corrected chi connectivity index (χ2v) is 6.66. The molecule has 7 nitrogen and oxygen atoms in total. The van der Waals surface area contributed by atoms with E-state index in [0.717, 1.165) is 19.3 Å². The van der Waals surface area contributed by atoms with Crippen molar-refractivity contribution in [3.63, 3.8) is 0 Å². The first-order chi connectivity index (χ1) is 11.6. The summed E-state index contributed by atoms with van der Waals surface area (Å²) in [6.07, 6.45) is 3.96. The van der Waals surface area contributed by atoms with E-state index in [0.29, 0.717) is 29.4 Å². The molecule has 0 spiro atoms. The van der Waals surface area contributed by atoms with Gasteiger partial charge in [0.25, 0.3) is 5.91 Å². The summed E-state index contributed by atoms with van der Waals surface area (Å²) in [5.41, 5.74) is 1.01. The number of rotatable bonds is 4. The molecule has 0 unspecified atom stereocenters. The Hall–Kier alpha value is -1.99. The lowest BCUT2D eigenvalue weighted by atomic mass is 9.77. The van der Waals surface area contributed by atoms with Crippen molar-refractivity contribution in [3.8, 4) is 5.69 Å². The Bertz CT molecular complexity index is 705. The van der Waals surface area contributed by atoms with Crippen LogP contribution in [-0.4, -0.2) is 55.8 Å². The number of amides is 1. The van der Waals surface area contributed by atoms with Gasteiger partial charge in [0.2, 0.25) is 0 Å². The number of aromatic nitrogens is 4. The lowest BCUT2D eigenvalue weighted by Gasteiger charge is -2.40. The highest BCUT2D eigenvalue weighted by Crippen LogP contribution is 2.35. The summed E-state index contributed by atoms with van der Waals surface area (Å²) < 4.78 is 1.46. The van der Waals surface area contributed by atoms with Crippen molar-refractivity contribution in [1.29, 1.82) is 0 Å². The van der Waals surface area contributed by atoms with Gasteiger partial charge in [0.1, 0.15) is 6.33 Å². The number of hydrogen-bond acceptors (Lipinski definition) is 5. The Balaban J connectivity index is 1.85. The van der Waals surface area contributed by atoms with Crippen molar-refractivity contribution < 1.29 is 9.90 Å². The highest BCUT2D eigenvalue weighted by atomic mass is 35.5. The fourth-order valence-corrected chi connectivity index (χ4v) is 3.30. The molecule has 2 heterocycles. The number of aliphatic hydroxyl groups excluding tert-OH is 1. The maximum Gasteiger partial charge on any atom is 0.256 e. The van der Waals surface area contributed by atoms with Gasteiger partial charge in [0.15, 0.2) is 0 Å². The van der Waals surface area contributed by atoms with Crippen LogP contribution in [-0.2, 0) is 0 Å². The summed E-state index contributed by atoms with van der Waals surface area (Å²) in [6.45, 7) is 3.49. The van der Waals surface area contributed by atoms with E-state index >= 15 is 0 Å². The second-order valence-electron chi connectivity index (χ2n) is 6.22. The van der Waals surface area contributed by atoms with Crippen LogP contribution in [0, 0.1) is 5.41 Å². The van der Waals surface area contributed by atoms with E-state index in [2.05, 4.69) is 22.4 Å². The van der Waals surface area contributed by atoms with Crippen LogP contribution in [0.15, 0.2) is 24.5 Å². The molecule has 1 aromatic carbocycles. The minimum absolute atomic E-state index is 0.0657. The van der Waals surface area contributed by atoms with Gasteiger partial charge in [0, 0.05) is 24.7 Å². The standard InChI is InChI=1S/C16H20ClN5O2/c1-2-16(10-23)5-7-21(8-6-16)15(24)13-9-12(17)3-4-14(13)22-11-18-19-20-22/h3-4,9,11,23H,2,5-8,10H2,1H3. The molecule has 3 rings (SSSR count). The van der Waals surface area contributed by atoms with E-state index in [-0.39, 0.29) is 17.9 Å². The minimum atomic E-state index is -0.0920. The zero-order chi connectivity index (χ0) is 17.2. The Kier molecular flexibility index (Phi) is 4.82. The van der Waals surface area contributed by atoms with E-state index < -0.39 is 0 Å². The largest absolute Gasteiger partial charge is 0.396 e. The average Bonchev–Trinajstić information content (AvgIpc) is 3.15. The fourth-order valence-electron chi connectivity index (χ4n) is 3.13. The van der Waals surface area contributed by atoms with Crippen LogP contribution >= 0.6 is 11.6 Å². The van der Waals surface area contributed by atoms with E-state index in [1.54, 1.807) is 18.2 Å². The van der Waals surface area contributed by atoms with Gasteiger partial charge >= 0.3 is 0 Å². The highest BCUT2D eigenvalue weighted by molar-refractivity contribution is 6.31. The summed E-state index contributed by atoms with van der Waals surface area (Å²) in [5, 5.41) is 21.2. The summed E-state index contributed by atoms with van der Waals surface area (Å²) in [6, 6.07) is 5.09. The number of likely N-dealkylation sites (tertiary alicyclic amines) is 1. The van der Waals surface area contributed by atoms with Crippen molar-refractivity contribution in [2.45, 2.75) is 26.2 Å². The van der Waals surface area contributed by atoms with Gasteiger partial charge in [-0.25, -0.2) is 0 Å². The van der Waals surface area contributed by atoms with Gasteiger partial charge in [-0.2, -0.15) is 4.68 Å². The van der Waals surface area contributed by atoms with Crippen LogP contribution in [0.5, 0.6) is 0 Å². The molecule has 1 fully saturated rings. The van der Waals surface area contributed by atoms with Crippen LogP contribution in [0.2, 0.25) is 5.02 Å². The van der Waals surface area contributed by atoms with E-state index in [9.17, 15) is 9.90 Å². The number of piperidine rings is 1. The summed E-state index contributed by atoms with van der Waals surface area (Å²) in [5.74, 6) is -0.0920. The van der Waals surface area contributed by atoms with Crippen molar-refractivity contribution in [3.05, 3.63) is 35.1 Å². The Labute approximate surface area is 145 Å². The molecule has 1 amide bonds. The Morgan fingerprint density at radius 1 is 1.38 bits per heavy atom. The Morgan fingerprint density at radius 3 is 2.71 bits per heavy atom. The molecule has 2 aromatic rings. The monoisotopic (exact) mass is 349 g/mol. The predicted molar refractivity (Wildman–Crippen MR) is 89.1 cm³/mol. The van der Waals surface area contributed by atoms with Gasteiger partial charge in [-0.3, -0.25) is 4.79 Å². The molecule has 0 bridgehead atoms. The Morgan fingerprint density at radius 2 is 2.12 bits per heavy atom. The molecule has 24 heavy (non-hydrogen) atoms. The molecule has 0 aliphatic carbocycles. The van der Waals surface area contributed by atoms with Gasteiger partial charge in [-0.15, -0.1) is 5.10 Å². The maximum atomic E-state index is 13.0. The molecular weight excluding hydrogens is 330 g/mol. The van der Waals surface area contributed by atoms with Crippen LogP contribution in [0.25, 0.3) is 5.69 Å². The van der Waals surface area contributed by atoms with E-state index in [1.807, 2.05) is 4.90 Å². The van der Waals surface area contributed by atoms with Crippen LogP contribution in [0.3, 0.4) is 0 Å². The van der Waals surface area contributed by atoms with Crippen LogP contribution < -0.4 is 0 Å². The number of carbonyl (C=O) groups excluding carboxylic acids is 1. The molecule has 8 heteroatoms. The third-order valence-electron chi connectivity index (χ3n) is 4.98. The number of hydrogen-bond donors (Lipinski definition) is 1. The molecule has 0 radical (unpaired) electrons. The van der Waals surface area contributed by atoms with Gasteiger partial charge in [0.05, 0.1) is 11.3 Å².